The molecule has 1 saturated carbocycles. The molecule has 24 heavy (non-hydrogen) atoms. The number of halogens is 1. The van der Waals surface area contributed by atoms with Gasteiger partial charge in [0.2, 0.25) is 0 Å². The molecule has 1 aliphatic rings. The molecule has 1 aromatic carbocycles. The van der Waals surface area contributed by atoms with Gasteiger partial charge in [-0.2, -0.15) is 0 Å². The average Bonchev–Trinajstić information content (AvgIpc) is 2.56. The van der Waals surface area contributed by atoms with E-state index >= 15 is 0 Å². The molecule has 1 aromatic rings. The SMILES string of the molecule is COC(=O)CCN(C(=O)c1ccc(F)cc1)C1CCCCCCC1. The summed E-state index contributed by atoms with van der Waals surface area (Å²) < 4.78 is 17.8. The molecule has 0 saturated heterocycles. The number of nitrogens with zero attached hydrogens (tertiary/aromatic N) is 1. The van der Waals surface area contributed by atoms with Crippen molar-refractivity contribution < 1.29 is 18.7 Å². The molecule has 0 unspecified atom stereocenters. The summed E-state index contributed by atoms with van der Waals surface area (Å²) in [6, 6.07) is 5.73. The molecule has 1 amide bonds. The van der Waals surface area contributed by atoms with E-state index in [2.05, 4.69) is 0 Å². The molecule has 1 aliphatic carbocycles. The number of hydrogen-bond acceptors (Lipinski definition) is 3. The van der Waals surface area contributed by atoms with E-state index in [1.807, 2.05) is 0 Å². The van der Waals surface area contributed by atoms with Gasteiger partial charge in [-0.25, -0.2) is 4.39 Å². The minimum Gasteiger partial charge on any atom is -0.469 e. The number of esters is 1. The maximum atomic E-state index is 13.1. The van der Waals surface area contributed by atoms with Crippen LogP contribution in [0.3, 0.4) is 0 Å². The lowest BCUT2D eigenvalue weighted by molar-refractivity contribution is -0.140. The van der Waals surface area contributed by atoms with Gasteiger partial charge < -0.3 is 9.64 Å². The third-order valence-corrected chi connectivity index (χ3v) is 4.65. The Kier molecular flexibility index (Phi) is 7.22. The summed E-state index contributed by atoms with van der Waals surface area (Å²) in [6.45, 7) is 0.341. The number of rotatable bonds is 5. The summed E-state index contributed by atoms with van der Waals surface area (Å²) in [5.74, 6) is -0.819. The Bertz CT molecular complexity index is 536. The summed E-state index contributed by atoms with van der Waals surface area (Å²) >= 11 is 0. The van der Waals surface area contributed by atoms with Crippen LogP contribution in [0.4, 0.5) is 4.39 Å². The van der Waals surface area contributed by atoms with E-state index in [0.29, 0.717) is 12.1 Å². The van der Waals surface area contributed by atoms with Crippen LogP contribution in [0.2, 0.25) is 0 Å². The highest BCUT2D eigenvalue weighted by Crippen LogP contribution is 2.23. The van der Waals surface area contributed by atoms with Crippen molar-refractivity contribution in [2.45, 2.75) is 57.4 Å². The Morgan fingerprint density at radius 2 is 1.67 bits per heavy atom. The Labute approximate surface area is 143 Å². The van der Waals surface area contributed by atoms with Gasteiger partial charge >= 0.3 is 5.97 Å². The number of methoxy groups -OCH3 is 1. The lowest BCUT2D eigenvalue weighted by Gasteiger charge is -2.33. The number of carbonyl (C=O) groups is 2. The van der Waals surface area contributed by atoms with E-state index in [1.165, 1.54) is 50.6 Å². The highest BCUT2D eigenvalue weighted by atomic mass is 19.1. The second-order valence-electron chi connectivity index (χ2n) is 6.33. The molecule has 1 fully saturated rings. The topological polar surface area (TPSA) is 46.6 Å². The van der Waals surface area contributed by atoms with Gasteiger partial charge in [0.1, 0.15) is 5.82 Å². The molecule has 0 atom stereocenters. The first-order chi connectivity index (χ1) is 11.6. The summed E-state index contributed by atoms with van der Waals surface area (Å²) in [7, 11) is 1.35. The fourth-order valence-corrected chi connectivity index (χ4v) is 3.27. The second-order valence-corrected chi connectivity index (χ2v) is 6.33. The van der Waals surface area contributed by atoms with E-state index in [-0.39, 0.29) is 30.2 Å². The largest absolute Gasteiger partial charge is 0.469 e. The predicted octanol–water partition coefficient (Wildman–Crippen LogP) is 3.94. The predicted molar refractivity (Wildman–Crippen MR) is 90.2 cm³/mol. The quantitative estimate of drug-likeness (QED) is 0.766. The lowest BCUT2D eigenvalue weighted by Crippen LogP contribution is -2.42. The molecular weight excluding hydrogens is 309 g/mol. The van der Waals surface area contributed by atoms with E-state index in [4.69, 9.17) is 4.74 Å². The Morgan fingerprint density at radius 3 is 2.25 bits per heavy atom. The van der Waals surface area contributed by atoms with E-state index < -0.39 is 0 Å². The van der Waals surface area contributed by atoms with Crippen LogP contribution in [0.25, 0.3) is 0 Å². The van der Waals surface area contributed by atoms with E-state index in [1.54, 1.807) is 4.90 Å². The Morgan fingerprint density at radius 1 is 1.08 bits per heavy atom. The molecule has 132 valence electrons. The normalized spacial score (nSPS) is 16.1. The highest BCUT2D eigenvalue weighted by molar-refractivity contribution is 5.94. The summed E-state index contributed by atoms with van der Waals surface area (Å²) in [5, 5.41) is 0. The maximum Gasteiger partial charge on any atom is 0.307 e. The van der Waals surface area contributed by atoms with Crippen molar-refractivity contribution in [3.63, 3.8) is 0 Å². The van der Waals surface area contributed by atoms with Crippen LogP contribution in [0.15, 0.2) is 24.3 Å². The van der Waals surface area contributed by atoms with Crippen molar-refractivity contribution in [1.82, 2.24) is 4.90 Å². The fourth-order valence-electron chi connectivity index (χ4n) is 3.27. The van der Waals surface area contributed by atoms with Gasteiger partial charge in [-0.1, -0.05) is 32.1 Å². The van der Waals surface area contributed by atoms with E-state index in [0.717, 1.165) is 25.7 Å². The van der Waals surface area contributed by atoms with Crippen LogP contribution in [0.5, 0.6) is 0 Å². The molecule has 4 nitrogen and oxygen atoms in total. The van der Waals surface area contributed by atoms with Crippen molar-refractivity contribution >= 4 is 11.9 Å². The van der Waals surface area contributed by atoms with Crippen LogP contribution in [-0.4, -0.2) is 36.5 Å². The molecular formula is C19H26FNO3. The van der Waals surface area contributed by atoms with Crippen LogP contribution >= 0.6 is 0 Å². The van der Waals surface area contributed by atoms with Gasteiger partial charge in [-0.3, -0.25) is 9.59 Å². The third kappa shape index (κ3) is 5.32. The van der Waals surface area contributed by atoms with Gasteiger partial charge in [-0.05, 0) is 37.1 Å². The first-order valence-electron chi connectivity index (χ1n) is 8.75. The van der Waals surface area contributed by atoms with Gasteiger partial charge in [-0.15, -0.1) is 0 Å². The molecule has 0 bridgehead atoms. The molecule has 0 spiro atoms. The van der Waals surface area contributed by atoms with Crippen LogP contribution in [0.1, 0.15) is 61.7 Å². The van der Waals surface area contributed by atoms with Crippen molar-refractivity contribution in [3.8, 4) is 0 Å². The molecule has 5 heteroatoms. The van der Waals surface area contributed by atoms with E-state index in [9.17, 15) is 14.0 Å². The first kappa shape index (κ1) is 18.4. The smallest absolute Gasteiger partial charge is 0.307 e. The monoisotopic (exact) mass is 335 g/mol. The van der Waals surface area contributed by atoms with Gasteiger partial charge in [0.15, 0.2) is 0 Å². The summed E-state index contributed by atoms with van der Waals surface area (Å²) in [4.78, 5) is 26.2. The number of amides is 1. The number of hydrogen-bond donors (Lipinski definition) is 0. The number of benzene rings is 1. The maximum absolute atomic E-state index is 13.1. The van der Waals surface area contributed by atoms with Crippen LogP contribution in [0, 0.1) is 5.82 Å². The number of ether oxygens (including phenoxy) is 1. The lowest BCUT2D eigenvalue weighted by atomic mass is 9.95. The zero-order valence-corrected chi connectivity index (χ0v) is 14.3. The van der Waals surface area contributed by atoms with Crippen LogP contribution in [-0.2, 0) is 9.53 Å². The van der Waals surface area contributed by atoms with Crippen molar-refractivity contribution in [1.29, 1.82) is 0 Å². The van der Waals surface area contributed by atoms with Crippen molar-refractivity contribution in [3.05, 3.63) is 35.6 Å². The third-order valence-electron chi connectivity index (χ3n) is 4.65. The zero-order chi connectivity index (χ0) is 17.4. The fraction of sp³-hybridized carbons (Fsp3) is 0.579. The van der Waals surface area contributed by atoms with Gasteiger partial charge in [0, 0.05) is 18.2 Å². The highest BCUT2D eigenvalue weighted by Gasteiger charge is 2.25. The average molecular weight is 335 g/mol. The molecule has 0 aliphatic heterocycles. The minimum atomic E-state index is -0.362. The Hall–Kier alpha value is -1.91. The second kappa shape index (κ2) is 9.40. The van der Waals surface area contributed by atoms with Crippen molar-refractivity contribution in [2.24, 2.45) is 0 Å². The summed E-state index contributed by atoms with van der Waals surface area (Å²) in [5.41, 5.74) is 0.461. The molecule has 0 radical (unpaired) electrons. The molecule has 0 aromatic heterocycles. The zero-order valence-electron chi connectivity index (χ0n) is 14.3. The Balaban J connectivity index is 2.14. The standard InChI is InChI=1S/C19H26FNO3/c1-24-18(22)13-14-21(17-7-5-3-2-4-6-8-17)19(23)15-9-11-16(20)12-10-15/h9-12,17H,2-8,13-14H2,1H3. The van der Waals surface area contributed by atoms with Crippen molar-refractivity contribution in [2.75, 3.05) is 13.7 Å². The summed E-state index contributed by atoms with van der Waals surface area (Å²) in [6.07, 6.45) is 7.90. The minimum absolute atomic E-state index is 0.132. The molecule has 0 heterocycles. The molecule has 0 N–H and O–H groups in total. The van der Waals surface area contributed by atoms with Gasteiger partial charge in [0.05, 0.1) is 13.5 Å². The molecule has 2 rings (SSSR count). The van der Waals surface area contributed by atoms with Crippen LogP contribution < -0.4 is 0 Å². The van der Waals surface area contributed by atoms with Gasteiger partial charge in [0.25, 0.3) is 5.91 Å². The number of carbonyl (C=O) groups excluding carboxylic acids is 2. The first-order valence-corrected chi connectivity index (χ1v) is 8.75.